The molecule has 20 heteroatoms. The van der Waals surface area contributed by atoms with Crippen molar-refractivity contribution in [3.05, 3.63) is 71.0 Å². The van der Waals surface area contributed by atoms with Crippen LogP contribution < -0.4 is 10.6 Å². The fraction of sp³-hybridized carbons (Fsp3) is 0.694. The van der Waals surface area contributed by atoms with E-state index in [-0.39, 0.29) is 44.2 Å². The zero-order valence-electron chi connectivity index (χ0n) is 42.2. The summed E-state index contributed by atoms with van der Waals surface area (Å²) in [5.41, 5.74) is 1.87. The number of aromatic nitrogens is 1. The Morgan fingerprint density at radius 3 is 2.38 bits per heavy atom. The number of likely N-dealkylation sites (N-methyl/N-ethyl adjacent to an activating group) is 1. The van der Waals surface area contributed by atoms with Gasteiger partial charge < -0.3 is 69.3 Å². The van der Waals surface area contributed by atoms with Crippen LogP contribution in [-0.4, -0.2) is 147 Å². The number of carbonyl (C=O) groups is 1. The highest BCUT2D eigenvalue weighted by Crippen LogP contribution is 2.59. The minimum Gasteiger partial charge on any atom is -0.448 e. The molecule has 0 aliphatic carbocycles. The normalized spacial score (nSPS) is 27.7. The largest absolute Gasteiger partial charge is 0.469 e. The predicted molar refractivity (Wildman–Crippen MR) is 258 cm³/mol. The molecule has 1 aromatic heterocycles. The molecular weight excluding hydrogens is 916 g/mol. The smallest absolute Gasteiger partial charge is 0.448 e. The number of allylic oxidation sites excluding steroid dienone is 7. The van der Waals surface area contributed by atoms with Gasteiger partial charge >= 0.3 is 7.82 Å². The molecule has 390 valence electrons. The molecule has 2 fully saturated rings. The van der Waals surface area contributed by atoms with Crippen molar-refractivity contribution >= 4 is 19.8 Å². The number of phosphoric acid groups is 1. The summed E-state index contributed by atoms with van der Waals surface area (Å²) in [6, 6.07) is 1.35. The van der Waals surface area contributed by atoms with Crippen LogP contribution in [0.15, 0.2) is 63.9 Å². The average molecular weight is 995 g/mol. The van der Waals surface area contributed by atoms with E-state index < -0.39 is 97.7 Å². The maximum Gasteiger partial charge on any atom is 0.469 e. The lowest BCUT2D eigenvalue weighted by Gasteiger charge is -2.50. The van der Waals surface area contributed by atoms with Crippen LogP contribution in [0.5, 0.6) is 0 Å². The highest BCUT2D eigenvalue weighted by Gasteiger charge is 2.68. The molecule has 2 saturated heterocycles. The van der Waals surface area contributed by atoms with Crippen molar-refractivity contribution < 1.29 is 72.6 Å². The van der Waals surface area contributed by atoms with Gasteiger partial charge in [-0.3, -0.25) is 9.32 Å². The first-order valence-corrected chi connectivity index (χ1v) is 25.0. The van der Waals surface area contributed by atoms with Gasteiger partial charge in [0.25, 0.3) is 5.91 Å². The molecular formula is C49H79N4O15P. The third-order valence-corrected chi connectivity index (χ3v) is 14.3. The topological polar surface area (TPSA) is 296 Å². The fourth-order valence-corrected chi connectivity index (χ4v) is 9.46. The molecule has 9 N–H and O–H groups in total. The van der Waals surface area contributed by atoms with Gasteiger partial charge in [0.2, 0.25) is 0 Å². The number of nitrogens with zero attached hydrogens (tertiary/aromatic N) is 2. The number of hydrogen-bond donors (Lipinski definition) is 9. The number of amides is 1. The van der Waals surface area contributed by atoms with E-state index >= 15 is 0 Å². The standard InChI is InChI=1S/C49H79N4O15P/c1-28(19-21-50)15-13-16-29(2)31(4)23-32(5)41(56)34(7)37(54)24-40(64-12)44-45(68-69(60,61)62)48(8,9)49(67-44)25-38(55)33(6)39(66-49)18-14-17-35-26-65-47(53-35)30(3)20-22-52-46(59)43(58)42(57)36(51-10)27-63-11/h13-17,19,23,26,30,32-34,36-45,51,54-58H,18,20,22,24-25,27H2,1-12H3,(H,52,59)(H2,60,61,62)/t30-,32+,33-,34-,36-,37-,38+,39-,40-,41+,42-,43-,44+,45-,49+/m1/s1. The first kappa shape index (κ1) is 59.9. The van der Waals surface area contributed by atoms with Crippen LogP contribution in [0.25, 0.3) is 6.08 Å². The zero-order chi connectivity index (χ0) is 52.0. The number of hydrogen-bond acceptors (Lipinski definition) is 16. The Hall–Kier alpha value is -3.42. The Morgan fingerprint density at radius 2 is 1.77 bits per heavy atom. The van der Waals surface area contributed by atoms with E-state index in [0.29, 0.717) is 18.0 Å². The van der Waals surface area contributed by atoms with Gasteiger partial charge in [0.15, 0.2) is 17.8 Å². The van der Waals surface area contributed by atoms with E-state index in [1.54, 1.807) is 33.9 Å². The van der Waals surface area contributed by atoms with Gasteiger partial charge in [-0.25, -0.2) is 9.55 Å². The maximum absolute atomic E-state index is 12.5. The molecule has 2 aliphatic rings. The van der Waals surface area contributed by atoms with Crippen LogP contribution >= 0.6 is 7.82 Å². The summed E-state index contributed by atoms with van der Waals surface area (Å²) in [7, 11) is -0.735. The van der Waals surface area contributed by atoms with Crippen molar-refractivity contribution in [2.45, 2.75) is 161 Å². The van der Waals surface area contributed by atoms with Gasteiger partial charge in [0, 0.05) is 68.8 Å². The Kier molecular flexibility index (Phi) is 23.3. The second-order valence-electron chi connectivity index (χ2n) is 19.2. The molecule has 0 radical (unpaired) electrons. The van der Waals surface area contributed by atoms with Crippen LogP contribution in [0.1, 0.15) is 105 Å². The monoisotopic (exact) mass is 995 g/mol. The van der Waals surface area contributed by atoms with Gasteiger partial charge in [-0.15, -0.1) is 0 Å². The minimum atomic E-state index is -5.15. The molecule has 0 saturated carbocycles. The first-order chi connectivity index (χ1) is 32.3. The van der Waals surface area contributed by atoms with Crippen LogP contribution in [-0.2, 0) is 32.8 Å². The summed E-state index contributed by atoms with van der Waals surface area (Å²) in [6.45, 7) is 16.6. The molecule has 15 atom stereocenters. The van der Waals surface area contributed by atoms with Crippen molar-refractivity contribution in [2.75, 3.05) is 34.4 Å². The fourth-order valence-electron chi connectivity index (χ4n) is 8.78. The number of aliphatic hydroxyl groups excluding tert-OH is 5. The number of carbonyl (C=O) groups excluding carboxylic acids is 1. The number of aliphatic hydroxyl groups is 5. The quantitative estimate of drug-likeness (QED) is 0.0354. The van der Waals surface area contributed by atoms with E-state index in [2.05, 4.69) is 15.6 Å². The highest BCUT2D eigenvalue weighted by atomic mass is 31.2. The van der Waals surface area contributed by atoms with E-state index in [0.717, 1.165) is 16.7 Å². The lowest BCUT2D eigenvalue weighted by molar-refractivity contribution is -0.334. The van der Waals surface area contributed by atoms with Crippen LogP contribution in [0, 0.1) is 34.5 Å². The molecule has 1 spiro atoms. The molecule has 2 aliphatic heterocycles. The molecule has 1 aromatic rings. The van der Waals surface area contributed by atoms with Gasteiger partial charge in [-0.2, -0.15) is 5.26 Å². The minimum absolute atomic E-state index is 0.0646. The number of methoxy groups -OCH3 is 2. The molecule has 0 unspecified atom stereocenters. The third-order valence-electron chi connectivity index (χ3n) is 13.8. The first-order valence-electron chi connectivity index (χ1n) is 23.5. The Balaban J connectivity index is 1.74. The molecule has 0 bridgehead atoms. The number of ether oxygens (including phenoxy) is 4. The zero-order valence-corrected chi connectivity index (χ0v) is 43.1. The third kappa shape index (κ3) is 16.3. The van der Waals surface area contributed by atoms with Gasteiger partial charge in [0.05, 0.1) is 49.2 Å². The molecule has 69 heavy (non-hydrogen) atoms. The Labute approximate surface area is 407 Å². The second kappa shape index (κ2) is 26.9. The predicted octanol–water partition coefficient (Wildman–Crippen LogP) is 4.35. The highest BCUT2D eigenvalue weighted by molar-refractivity contribution is 7.46. The van der Waals surface area contributed by atoms with Crippen molar-refractivity contribution in [3.8, 4) is 6.07 Å². The summed E-state index contributed by atoms with van der Waals surface area (Å²) < 4.78 is 48.1. The number of oxazole rings is 1. The molecule has 3 rings (SSSR count). The van der Waals surface area contributed by atoms with Gasteiger partial charge in [-0.05, 0) is 57.9 Å². The molecule has 1 amide bonds. The van der Waals surface area contributed by atoms with Crippen molar-refractivity contribution in [3.63, 3.8) is 0 Å². The summed E-state index contributed by atoms with van der Waals surface area (Å²) in [5.74, 6) is -3.64. The van der Waals surface area contributed by atoms with Gasteiger partial charge in [0.1, 0.15) is 30.3 Å². The number of rotatable bonds is 26. The lowest BCUT2D eigenvalue weighted by Crippen LogP contribution is -2.58. The second-order valence-corrected chi connectivity index (χ2v) is 20.4. The van der Waals surface area contributed by atoms with E-state index in [1.165, 1.54) is 26.6 Å². The van der Waals surface area contributed by atoms with Crippen molar-refractivity contribution in [1.82, 2.24) is 15.6 Å². The molecule has 0 aromatic carbocycles. The molecule has 3 heterocycles. The maximum atomic E-state index is 12.5. The van der Waals surface area contributed by atoms with Gasteiger partial charge in [-0.1, -0.05) is 77.5 Å². The summed E-state index contributed by atoms with van der Waals surface area (Å²) in [6.07, 6.45) is 4.07. The van der Waals surface area contributed by atoms with E-state index in [4.69, 9.17) is 33.2 Å². The molecule has 19 nitrogen and oxygen atoms in total. The van der Waals surface area contributed by atoms with Crippen LogP contribution in [0.4, 0.5) is 0 Å². The Bertz CT molecular complexity index is 2040. The van der Waals surface area contributed by atoms with E-state index in [1.807, 2.05) is 78.0 Å². The SMILES string of the molecule is CN[C@H](COC)[C@@H](O)[C@@H](O)C(=O)NCC[C@@H](C)c1nc(C=CC[C@H]2O[C@@]3(C[C@H](O)[C@H]2C)O[C@@H]([C@@H](C[C@@H](O)[C@@H](C)[C@@H](O)[C@@H](C)C=C(C)C(C)=CC=CC(C)=CC#N)OC)[C@@H](OP(=O)(O)O)C3(C)C)co1. The van der Waals surface area contributed by atoms with E-state index in [9.17, 15) is 44.7 Å². The lowest BCUT2D eigenvalue weighted by atomic mass is 9.72. The summed E-state index contributed by atoms with van der Waals surface area (Å²) in [5, 5.41) is 69.5. The van der Waals surface area contributed by atoms with Crippen molar-refractivity contribution in [1.29, 1.82) is 5.26 Å². The number of nitriles is 1. The number of phosphoric ester groups is 1. The number of nitrogens with one attached hydrogen (secondary N) is 2. The summed E-state index contributed by atoms with van der Waals surface area (Å²) in [4.78, 5) is 37.4. The summed E-state index contributed by atoms with van der Waals surface area (Å²) >= 11 is 0. The average Bonchev–Trinajstić information content (AvgIpc) is 3.84. The van der Waals surface area contributed by atoms with Crippen LogP contribution in [0.2, 0.25) is 0 Å². The Morgan fingerprint density at radius 1 is 1.09 bits per heavy atom. The van der Waals surface area contributed by atoms with Crippen LogP contribution in [0.3, 0.4) is 0 Å². The van der Waals surface area contributed by atoms with Crippen molar-refractivity contribution in [2.24, 2.45) is 23.2 Å².